The van der Waals surface area contributed by atoms with Crippen LogP contribution in [-0.4, -0.2) is 19.9 Å². The summed E-state index contributed by atoms with van der Waals surface area (Å²) in [4.78, 5) is 13.2. The molecule has 0 fully saturated rings. The number of rotatable bonds is 4. The van der Waals surface area contributed by atoms with Crippen molar-refractivity contribution in [2.75, 3.05) is 5.32 Å². The Morgan fingerprint density at radius 1 is 0.806 bits per heavy atom. The van der Waals surface area contributed by atoms with Crippen molar-refractivity contribution in [3.8, 4) is 0 Å². The zero-order valence-electron chi connectivity index (χ0n) is 17.5. The van der Waals surface area contributed by atoms with Crippen molar-refractivity contribution in [1.29, 1.82) is 0 Å². The van der Waals surface area contributed by atoms with E-state index in [9.17, 15) is 13.2 Å². The van der Waals surface area contributed by atoms with Crippen molar-refractivity contribution in [3.05, 3.63) is 106 Å². The molecule has 0 saturated heterocycles. The lowest BCUT2D eigenvalue weighted by Gasteiger charge is -2.19. The molecule has 0 atom stereocenters. The molecular weight excluding hydrogens is 408 g/mol. The number of Topliss-reactive ketones (excluding diaryl/α,β-unsaturated/α-hetero) is 1. The number of allylic oxidation sites excluding steroid dienone is 2. The van der Waals surface area contributed by atoms with E-state index in [1.165, 1.54) is 18.2 Å². The number of hydrogen-bond acceptors (Lipinski definition) is 4. The third-order valence-corrected chi connectivity index (χ3v) is 6.47. The molecule has 1 N–H and O–H groups in total. The van der Waals surface area contributed by atoms with Crippen LogP contribution in [0.4, 0.5) is 5.69 Å². The standard InChI is InChI=1S/C25H22N2O3S/c1-16-8-11-19(12-9-16)31(29,30)27-23-15-24(25(28)21-7-5-4-6-20(21)23)26-22-13-10-17(2)14-18(22)3/h4-15,26H,1-3H3/b27-23-. The van der Waals surface area contributed by atoms with Gasteiger partial charge in [0.2, 0.25) is 5.78 Å². The highest BCUT2D eigenvalue weighted by atomic mass is 32.2. The first-order valence-electron chi connectivity index (χ1n) is 9.86. The molecule has 0 spiro atoms. The summed E-state index contributed by atoms with van der Waals surface area (Å²) in [5.41, 5.74) is 5.25. The molecule has 5 nitrogen and oxygen atoms in total. The molecule has 0 saturated carbocycles. The van der Waals surface area contributed by atoms with E-state index in [1.807, 2.05) is 39.0 Å². The summed E-state index contributed by atoms with van der Waals surface area (Å²) < 4.78 is 30.0. The largest absolute Gasteiger partial charge is 0.352 e. The van der Waals surface area contributed by atoms with Crippen molar-refractivity contribution >= 4 is 27.2 Å². The number of nitrogens with zero attached hydrogens (tertiary/aromatic N) is 1. The van der Waals surface area contributed by atoms with Crippen LogP contribution in [0.25, 0.3) is 0 Å². The van der Waals surface area contributed by atoms with Gasteiger partial charge in [-0.1, -0.05) is 59.7 Å². The second kappa shape index (κ2) is 7.96. The van der Waals surface area contributed by atoms with E-state index >= 15 is 0 Å². The number of sulfonamides is 1. The maximum absolute atomic E-state index is 13.1. The molecule has 0 unspecified atom stereocenters. The topological polar surface area (TPSA) is 75.6 Å². The molecule has 0 bridgehead atoms. The molecule has 4 rings (SSSR count). The second-order valence-electron chi connectivity index (χ2n) is 7.64. The molecule has 0 heterocycles. The number of fused-ring (bicyclic) bond motifs is 1. The van der Waals surface area contributed by atoms with Crippen molar-refractivity contribution in [3.63, 3.8) is 0 Å². The van der Waals surface area contributed by atoms with Gasteiger partial charge < -0.3 is 5.32 Å². The zero-order valence-corrected chi connectivity index (χ0v) is 18.3. The van der Waals surface area contributed by atoms with Gasteiger partial charge in [0.05, 0.1) is 16.3 Å². The first kappa shape index (κ1) is 20.8. The summed E-state index contributed by atoms with van der Waals surface area (Å²) in [6.45, 7) is 5.84. The fourth-order valence-electron chi connectivity index (χ4n) is 3.49. The lowest BCUT2D eigenvalue weighted by molar-refractivity contribution is 0.103. The van der Waals surface area contributed by atoms with Gasteiger partial charge in [0.15, 0.2) is 0 Å². The summed E-state index contributed by atoms with van der Waals surface area (Å²) in [6, 6.07) is 19.3. The van der Waals surface area contributed by atoms with Crippen molar-refractivity contribution < 1.29 is 13.2 Å². The van der Waals surface area contributed by atoms with Gasteiger partial charge in [0, 0.05) is 16.8 Å². The summed E-state index contributed by atoms with van der Waals surface area (Å²) in [5, 5.41) is 3.17. The Labute approximate surface area is 182 Å². The number of aryl methyl sites for hydroxylation is 3. The normalized spacial score (nSPS) is 14.9. The van der Waals surface area contributed by atoms with Gasteiger partial charge in [-0.2, -0.15) is 12.8 Å². The minimum absolute atomic E-state index is 0.109. The van der Waals surface area contributed by atoms with E-state index < -0.39 is 10.0 Å². The van der Waals surface area contributed by atoms with Crippen LogP contribution in [0.5, 0.6) is 0 Å². The average Bonchev–Trinajstić information content (AvgIpc) is 2.73. The third-order valence-electron chi connectivity index (χ3n) is 5.16. The quantitative estimate of drug-likeness (QED) is 0.633. The van der Waals surface area contributed by atoms with Crippen LogP contribution in [0, 0.1) is 20.8 Å². The highest BCUT2D eigenvalue weighted by Crippen LogP contribution is 2.26. The monoisotopic (exact) mass is 430 g/mol. The fourth-order valence-corrected chi connectivity index (χ4v) is 4.48. The van der Waals surface area contributed by atoms with Crippen LogP contribution in [0.15, 0.2) is 87.8 Å². The number of carbonyl (C=O) groups excluding carboxylic acids is 1. The van der Waals surface area contributed by atoms with Crippen molar-refractivity contribution in [2.45, 2.75) is 25.7 Å². The van der Waals surface area contributed by atoms with E-state index in [1.54, 1.807) is 36.4 Å². The molecule has 0 aromatic heterocycles. The van der Waals surface area contributed by atoms with Crippen molar-refractivity contribution in [1.82, 2.24) is 0 Å². The predicted molar refractivity (Wildman–Crippen MR) is 123 cm³/mol. The van der Waals surface area contributed by atoms with E-state index in [4.69, 9.17) is 0 Å². The third kappa shape index (κ3) is 4.20. The van der Waals surface area contributed by atoms with Gasteiger partial charge in [0.1, 0.15) is 0 Å². The van der Waals surface area contributed by atoms with Crippen LogP contribution < -0.4 is 5.32 Å². The van der Waals surface area contributed by atoms with E-state index in [-0.39, 0.29) is 22.1 Å². The van der Waals surface area contributed by atoms with Gasteiger partial charge in [-0.3, -0.25) is 4.79 Å². The van der Waals surface area contributed by atoms with E-state index in [0.717, 1.165) is 22.4 Å². The average molecular weight is 431 g/mol. The fraction of sp³-hybridized carbons (Fsp3) is 0.120. The molecule has 1 aliphatic rings. The van der Waals surface area contributed by atoms with Crippen LogP contribution >= 0.6 is 0 Å². The minimum atomic E-state index is -3.94. The number of benzene rings is 3. The van der Waals surface area contributed by atoms with Gasteiger partial charge in [0.25, 0.3) is 10.0 Å². The second-order valence-corrected chi connectivity index (χ2v) is 9.24. The van der Waals surface area contributed by atoms with Crippen molar-refractivity contribution in [2.24, 2.45) is 4.40 Å². The smallest absolute Gasteiger partial charge is 0.282 e. The molecule has 156 valence electrons. The Bertz CT molecular complexity index is 1350. The summed E-state index contributed by atoms with van der Waals surface area (Å²) in [6.07, 6.45) is 1.51. The molecule has 6 heteroatoms. The maximum Gasteiger partial charge on any atom is 0.282 e. The first-order chi connectivity index (χ1) is 14.7. The number of anilines is 1. The minimum Gasteiger partial charge on any atom is -0.352 e. The van der Waals surface area contributed by atoms with Crippen LogP contribution in [0.1, 0.15) is 32.6 Å². The molecule has 31 heavy (non-hydrogen) atoms. The van der Waals surface area contributed by atoms with Gasteiger partial charge in [-0.25, -0.2) is 0 Å². The Balaban J connectivity index is 1.82. The molecular formula is C25H22N2O3S. The van der Waals surface area contributed by atoms with Crippen LogP contribution in [0.2, 0.25) is 0 Å². The van der Waals surface area contributed by atoms with Crippen LogP contribution in [-0.2, 0) is 10.0 Å². The Hall–Kier alpha value is -3.51. The first-order valence-corrected chi connectivity index (χ1v) is 11.3. The molecule has 0 amide bonds. The molecule has 3 aromatic rings. The molecule has 0 aliphatic heterocycles. The number of nitrogens with one attached hydrogen (secondary N) is 1. The molecule has 3 aromatic carbocycles. The Kier molecular flexibility index (Phi) is 5.33. The highest BCUT2D eigenvalue weighted by molar-refractivity contribution is 7.90. The zero-order chi connectivity index (χ0) is 22.2. The molecule has 0 radical (unpaired) electrons. The Morgan fingerprint density at radius 3 is 2.13 bits per heavy atom. The number of hydrogen-bond donors (Lipinski definition) is 1. The van der Waals surface area contributed by atoms with Gasteiger partial charge in [-0.15, -0.1) is 0 Å². The summed E-state index contributed by atoms with van der Waals surface area (Å²) >= 11 is 0. The SMILES string of the molecule is Cc1ccc(S(=O)(=O)/N=C2/C=C(Nc3ccc(C)cc3C)C(=O)c3ccccc32)cc1. The van der Waals surface area contributed by atoms with E-state index in [0.29, 0.717) is 11.1 Å². The van der Waals surface area contributed by atoms with E-state index in [2.05, 4.69) is 9.71 Å². The van der Waals surface area contributed by atoms with Gasteiger partial charge in [-0.05, 0) is 50.6 Å². The lowest BCUT2D eigenvalue weighted by Crippen LogP contribution is -2.23. The Morgan fingerprint density at radius 2 is 1.45 bits per heavy atom. The number of ketones is 1. The highest BCUT2D eigenvalue weighted by Gasteiger charge is 2.26. The molecule has 1 aliphatic carbocycles. The predicted octanol–water partition coefficient (Wildman–Crippen LogP) is 4.98. The van der Waals surface area contributed by atoms with Crippen LogP contribution in [0.3, 0.4) is 0 Å². The lowest BCUT2D eigenvalue weighted by atomic mass is 9.92. The number of carbonyl (C=O) groups is 1. The van der Waals surface area contributed by atoms with Gasteiger partial charge >= 0.3 is 0 Å². The maximum atomic E-state index is 13.1. The summed E-state index contributed by atoms with van der Waals surface area (Å²) in [7, 11) is -3.94. The summed E-state index contributed by atoms with van der Waals surface area (Å²) in [5.74, 6) is -0.206.